The number of benzene rings is 1. The van der Waals surface area contributed by atoms with E-state index >= 15 is 0 Å². The summed E-state index contributed by atoms with van der Waals surface area (Å²) in [7, 11) is 2.22. The first-order chi connectivity index (χ1) is 10.0. The van der Waals surface area contributed by atoms with Gasteiger partial charge in [-0.2, -0.15) is 0 Å². The van der Waals surface area contributed by atoms with E-state index in [1.165, 1.54) is 25.7 Å². The molecule has 21 heavy (non-hydrogen) atoms. The summed E-state index contributed by atoms with van der Waals surface area (Å²) in [6, 6.07) is 4.66. The van der Waals surface area contributed by atoms with Gasteiger partial charge in [-0.3, -0.25) is 0 Å². The highest BCUT2D eigenvalue weighted by atomic mass is 35.5. The third-order valence-electron chi connectivity index (χ3n) is 4.39. The summed E-state index contributed by atoms with van der Waals surface area (Å²) in [5, 5.41) is 5.00. The molecule has 0 radical (unpaired) electrons. The lowest BCUT2D eigenvalue weighted by atomic mass is 10.1. The lowest BCUT2D eigenvalue weighted by Crippen LogP contribution is -2.36. The van der Waals surface area contributed by atoms with Crippen LogP contribution in [0.1, 0.15) is 44.2 Å². The smallest absolute Gasteiger partial charge is 0.0781 e. The largest absolute Gasteiger partial charge is 0.309 e. The summed E-state index contributed by atoms with van der Waals surface area (Å²) >= 11 is 18.3. The number of rotatable bonds is 6. The number of hydrogen-bond donors (Lipinski definition) is 1. The topological polar surface area (TPSA) is 15.3 Å². The third kappa shape index (κ3) is 4.49. The highest BCUT2D eigenvalue weighted by Crippen LogP contribution is 2.35. The highest BCUT2D eigenvalue weighted by Gasteiger charge is 2.19. The average Bonchev–Trinajstić information content (AvgIpc) is 2.99. The second-order valence-electron chi connectivity index (χ2n) is 5.86. The van der Waals surface area contributed by atoms with Crippen LogP contribution >= 0.6 is 34.8 Å². The number of likely N-dealkylation sites (N-methyl/N-ethyl adjacent to an activating group) is 1. The SMILES string of the molecule is CC(NCCN(C)C1CCCC1)c1ccc(Cl)c(Cl)c1Cl. The molecule has 1 atom stereocenters. The lowest BCUT2D eigenvalue weighted by Gasteiger charge is -2.25. The molecule has 1 aromatic rings. The van der Waals surface area contributed by atoms with Crippen LogP contribution in [0.3, 0.4) is 0 Å². The minimum absolute atomic E-state index is 0.157. The molecule has 0 heterocycles. The molecular weight excluding hydrogens is 327 g/mol. The van der Waals surface area contributed by atoms with Crippen LogP contribution in [-0.4, -0.2) is 31.1 Å². The predicted octanol–water partition coefficient (Wildman–Crippen LogP) is 5.17. The fourth-order valence-electron chi connectivity index (χ4n) is 2.97. The van der Waals surface area contributed by atoms with Crippen molar-refractivity contribution in [3.05, 3.63) is 32.8 Å². The molecule has 0 bridgehead atoms. The van der Waals surface area contributed by atoms with Crippen LogP contribution in [0.15, 0.2) is 12.1 Å². The van der Waals surface area contributed by atoms with Gasteiger partial charge in [0.2, 0.25) is 0 Å². The summed E-state index contributed by atoms with van der Waals surface area (Å²) in [5.41, 5.74) is 0.995. The van der Waals surface area contributed by atoms with E-state index in [9.17, 15) is 0 Å². The van der Waals surface area contributed by atoms with Gasteiger partial charge in [-0.15, -0.1) is 0 Å². The molecule has 2 rings (SSSR count). The van der Waals surface area contributed by atoms with Crippen LogP contribution in [0, 0.1) is 0 Å². The van der Waals surface area contributed by atoms with Gasteiger partial charge in [-0.25, -0.2) is 0 Å². The van der Waals surface area contributed by atoms with Crippen molar-refractivity contribution in [2.24, 2.45) is 0 Å². The minimum atomic E-state index is 0.157. The van der Waals surface area contributed by atoms with Crippen molar-refractivity contribution in [2.45, 2.75) is 44.7 Å². The van der Waals surface area contributed by atoms with Crippen LogP contribution in [0.5, 0.6) is 0 Å². The monoisotopic (exact) mass is 348 g/mol. The van der Waals surface area contributed by atoms with Crippen molar-refractivity contribution in [3.8, 4) is 0 Å². The van der Waals surface area contributed by atoms with E-state index < -0.39 is 0 Å². The number of hydrogen-bond acceptors (Lipinski definition) is 2. The van der Waals surface area contributed by atoms with Gasteiger partial charge >= 0.3 is 0 Å². The molecule has 0 aliphatic heterocycles. The van der Waals surface area contributed by atoms with Gasteiger partial charge in [0.1, 0.15) is 0 Å². The Hall–Kier alpha value is 0.01000. The molecule has 1 fully saturated rings. The summed E-state index contributed by atoms with van der Waals surface area (Å²) < 4.78 is 0. The van der Waals surface area contributed by atoms with Gasteiger partial charge in [0.05, 0.1) is 15.1 Å². The maximum Gasteiger partial charge on any atom is 0.0781 e. The zero-order valence-electron chi connectivity index (χ0n) is 12.6. The maximum atomic E-state index is 6.27. The van der Waals surface area contributed by atoms with E-state index in [-0.39, 0.29) is 6.04 Å². The molecule has 0 amide bonds. The van der Waals surface area contributed by atoms with Crippen molar-refractivity contribution in [1.82, 2.24) is 10.2 Å². The predicted molar refractivity (Wildman–Crippen MR) is 92.8 cm³/mol. The second-order valence-corrected chi connectivity index (χ2v) is 7.02. The molecule has 1 aromatic carbocycles. The van der Waals surface area contributed by atoms with Crippen molar-refractivity contribution in [2.75, 3.05) is 20.1 Å². The Balaban J connectivity index is 1.84. The first-order valence-electron chi connectivity index (χ1n) is 7.57. The molecule has 1 aliphatic rings. The van der Waals surface area contributed by atoms with Gasteiger partial charge in [-0.05, 0) is 38.4 Å². The molecule has 1 unspecified atom stereocenters. The summed E-state index contributed by atoms with van der Waals surface area (Å²) in [6.45, 7) is 4.08. The fraction of sp³-hybridized carbons (Fsp3) is 0.625. The van der Waals surface area contributed by atoms with Gasteiger partial charge in [0, 0.05) is 25.2 Å². The lowest BCUT2D eigenvalue weighted by molar-refractivity contribution is 0.243. The van der Waals surface area contributed by atoms with Crippen molar-refractivity contribution < 1.29 is 0 Å². The van der Waals surface area contributed by atoms with Crippen LogP contribution in [-0.2, 0) is 0 Å². The second kappa shape index (κ2) is 8.03. The Morgan fingerprint density at radius 3 is 2.52 bits per heavy atom. The maximum absolute atomic E-state index is 6.27. The van der Waals surface area contributed by atoms with Crippen LogP contribution in [0.4, 0.5) is 0 Å². The molecular formula is C16H23Cl3N2. The van der Waals surface area contributed by atoms with Gasteiger partial charge in [-0.1, -0.05) is 53.7 Å². The number of halogens is 3. The molecule has 1 N–H and O–H groups in total. The van der Waals surface area contributed by atoms with E-state index in [2.05, 4.69) is 24.2 Å². The highest BCUT2D eigenvalue weighted by molar-refractivity contribution is 6.48. The van der Waals surface area contributed by atoms with E-state index in [4.69, 9.17) is 34.8 Å². The quantitative estimate of drug-likeness (QED) is 0.713. The normalized spacial score (nSPS) is 17.6. The van der Waals surface area contributed by atoms with E-state index in [1.807, 2.05) is 6.07 Å². The fourth-order valence-corrected chi connectivity index (χ4v) is 3.68. The Bertz CT molecular complexity index is 473. The standard InChI is InChI=1S/C16H23Cl3N2/c1-11(13-7-8-14(17)16(19)15(13)18)20-9-10-21(2)12-5-3-4-6-12/h7-8,11-12,20H,3-6,9-10H2,1-2H3. The Morgan fingerprint density at radius 2 is 1.86 bits per heavy atom. The van der Waals surface area contributed by atoms with Crippen molar-refractivity contribution >= 4 is 34.8 Å². The van der Waals surface area contributed by atoms with Gasteiger partial charge in [0.25, 0.3) is 0 Å². The molecule has 1 aliphatic carbocycles. The van der Waals surface area contributed by atoms with Gasteiger partial charge in [0.15, 0.2) is 0 Å². The average molecular weight is 350 g/mol. The Morgan fingerprint density at radius 1 is 1.19 bits per heavy atom. The van der Waals surface area contributed by atoms with Crippen molar-refractivity contribution in [3.63, 3.8) is 0 Å². The van der Waals surface area contributed by atoms with Crippen LogP contribution in [0.25, 0.3) is 0 Å². The molecule has 118 valence electrons. The first kappa shape index (κ1) is 17.4. The number of nitrogens with zero attached hydrogens (tertiary/aromatic N) is 1. The number of nitrogens with one attached hydrogen (secondary N) is 1. The molecule has 1 saturated carbocycles. The summed E-state index contributed by atoms with van der Waals surface area (Å²) in [5.74, 6) is 0. The first-order valence-corrected chi connectivity index (χ1v) is 8.71. The molecule has 2 nitrogen and oxygen atoms in total. The molecule has 0 aromatic heterocycles. The minimum Gasteiger partial charge on any atom is -0.309 e. The van der Waals surface area contributed by atoms with E-state index in [0.29, 0.717) is 15.1 Å². The summed E-state index contributed by atoms with van der Waals surface area (Å²) in [4.78, 5) is 2.46. The zero-order valence-corrected chi connectivity index (χ0v) is 14.9. The van der Waals surface area contributed by atoms with Gasteiger partial charge < -0.3 is 10.2 Å². The Labute approximate surface area is 142 Å². The van der Waals surface area contributed by atoms with E-state index in [1.54, 1.807) is 6.07 Å². The molecule has 0 saturated heterocycles. The third-order valence-corrected chi connectivity index (χ3v) is 5.70. The Kier molecular flexibility index (Phi) is 6.64. The van der Waals surface area contributed by atoms with Crippen LogP contribution in [0.2, 0.25) is 15.1 Å². The molecule has 5 heteroatoms. The van der Waals surface area contributed by atoms with E-state index in [0.717, 1.165) is 24.7 Å². The van der Waals surface area contributed by atoms with Crippen LogP contribution < -0.4 is 5.32 Å². The summed E-state index contributed by atoms with van der Waals surface area (Å²) in [6.07, 6.45) is 5.42. The van der Waals surface area contributed by atoms with Crippen molar-refractivity contribution in [1.29, 1.82) is 0 Å². The zero-order chi connectivity index (χ0) is 15.4. The molecule has 0 spiro atoms.